The van der Waals surface area contributed by atoms with Crippen LogP contribution in [0.4, 0.5) is 5.69 Å². The minimum atomic E-state index is -0.938. The average molecular weight is 374 g/mol. The molecule has 7 nitrogen and oxygen atoms in total. The highest BCUT2D eigenvalue weighted by molar-refractivity contribution is 6.08. The predicted molar refractivity (Wildman–Crippen MR) is 101 cm³/mol. The molecule has 0 radical (unpaired) electrons. The molecule has 0 aromatic heterocycles. The minimum absolute atomic E-state index is 0.0698. The molecule has 0 spiro atoms. The molecular formula is C20H26N2O5. The Hall–Kier alpha value is -2.70. The second-order valence-electron chi connectivity index (χ2n) is 6.91. The van der Waals surface area contributed by atoms with Crippen molar-refractivity contribution in [2.75, 3.05) is 6.54 Å². The van der Waals surface area contributed by atoms with Crippen LogP contribution >= 0.6 is 0 Å². The summed E-state index contributed by atoms with van der Waals surface area (Å²) in [6, 6.07) is 5.12. The molecule has 1 aliphatic heterocycles. The second-order valence-corrected chi connectivity index (χ2v) is 6.91. The molecule has 1 aromatic carbocycles. The van der Waals surface area contributed by atoms with E-state index in [0.29, 0.717) is 6.54 Å². The van der Waals surface area contributed by atoms with E-state index in [1.54, 1.807) is 6.07 Å². The van der Waals surface area contributed by atoms with Crippen LogP contribution in [-0.2, 0) is 9.59 Å². The lowest BCUT2D eigenvalue weighted by molar-refractivity contribution is -0.385. The van der Waals surface area contributed by atoms with Crippen LogP contribution in [0.1, 0.15) is 58.1 Å². The number of benzene rings is 1. The van der Waals surface area contributed by atoms with Gasteiger partial charge in [0, 0.05) is 12.6 Å². The summed E-state index contributed by atoms with van der Waals surface area (Å²) in [5.74, 6) is -1.51. The molecule has 0 aliphatic carbocycles. The molecule has 0 unspecified atom stereocenters. The molecular weight excluding hydrogens is 348 g/mol. The van der Waals surface area contributed by atoms with Crippen molar-refractivity contribution in [3.05, 3.63) is 51.3 Å². The summed E-state index contributed by atoms with van der Waals surface area (Å²) in [6.45, 7) is 5.72. The van der Waals surface area contributed by atoms with Crippen LogP contribution in [0.2, 0.25) is 0 Å². The number of unbranched alkanes of at least 4 members (excludes halogenated alkanes) is 1. The topological polar surface area (TPSA) is 101 Å². The number of Topliss-reactive ketones (excluding diaryl/α,β-unsaturated/α-hetero) is 1. The highest BCUT2D eigenvalue weighted by atomic mass is 16.6. The van der Waals surface area contributed by atoms with Crippen LogP contribution < -0.4 is 0 Å². The number of amides is 1. The Kier molecular flexibility index (Phi) is 6.71. The fourth-order valence-electron chi connectivity index (χ4n) is 3.61. The van der Waals surface area contributed by atoms with E-state index in [4.69, 9.17) is 0 Å². The van der Waals surface area contributed by atoms with E-state index in [2.05, 4.69) is 6.92 Å². The van der Waals surface area contributed by atoms with Gasteiger partial charge in [-0.3, -0.25) is 19.7 Å². The van der Waals surface area contributed by atoms with Gasteiger partial charge in [-0.05, 0) is 25.3 Å². The number of carbonyl (C=O) groups excluding carboxylic acids is 2. The van der Waals surface area contributed by atoms with Crippen molar-refractivity contribution < 1.29 is 19.6 Å². The Balaban J connectivity index is 2.51. The van der Waals surface area contributed by atoms with Crippen molar-refractivity contribution in [3.63, 3.8) is 0 Å². The normalized spacial score (nSPS) is 18.1. The Morgan fingerprint density at radius 3 is 2.56 bits per heavy atom. The molecule has 0 fully saturated rings. The maximum atomic E-state index is 12.7. The number of nitro groups is 1. The van der Waals surface area contributed by atoms with Gasteiger partial charge in [0.05, 0.1) is 22.1 Å². The third-order valence-electron chi connectivity index (χ3n) is 5.11. The SMILES string of the molecule is CCCC[C@H](CC)CN1C(=O)C(O)=C(C(C)=O)[C@@H]1c1ccccc1[N+](=O)[O-]. The number of para-hydroxylation sites is 1. The van der Waals surface area contributed by atoms with E-state index in [1.165, 1.54) is 30.0 Å². The van der Waals surface area contributed by atoms with Gasteiger partial charge in [-0.2, -0.15) is 0 Å². The van der Waals surface area contributed by atoms with Gasteiger partial charge in [0.25, 0.3) is 11.6 Å². The number of aliphatic hydroxyl groups excluding tert-OH is 1. The van der Waals surface area contributed by atoms with Gasteiger partial charge in [-0.15, -0.1) is 0 Å². The molecule has 1 amide bonds. The van der Waals surface area contributed by atoms with Crippen molar-refractivity contribution in [2.24, 2.45) is 5.92 Å². The van der Waals surface area contributed by atoms with Crippen molar-refractivity contribution in [1.82, 2.24) is 4.90 Å². The molecule has 0 saturated heterocycles. The number of ketones is 1. The number of carbonyl (C=O) groups is 2. The molecule has 1 aliphatic rings. The van der Waals surface area contributed by atoms with Crippen LogP contribution in [0, 0.1) is 16.0 Å². The van der Waals surface area contributed by atoms with Crippen LogP contribution in [-0.4, -0.2) is 33.2 Å². The standard InChI is InChI=1S/C20H26N2O5/c1-4-6-9-14(5-2)12-21-18(17(13(3)23)19(24)20(21)25)15-10-7-8-11-16(15)22(26)27/h7-8,10-11,14,18,24H,4-6,9,12H2,1-3H3/t14-,18-/m0/s1. The first-order valence-electron chi connectivity index (χ1n) is 9.31. The summed E-state index contributed by atoms with van der Waals surface area (Å²) in [5, 5.41) is 21.8. The third-order valence-corrected chi connectivity index (χ3v) is 5.11. The van der Waals surface area contributed by atoms with E-state index < -0.39 is 28.4 Å². The summed E-state index contributed by atoms with van der Waals surface area (Å²) < 4.78 is 0. The lowest BCUT2D eigenvalue weighted by atomic mass is 9.93. The zero-order valence-electron chi connectivity index (χ0n) is 16.0. The highest BCUT2D eigenvalue weighted by Crippen LogP contribution is 2.41. The van der Waals surface area contributed by atoms with Gasteiger partial charge in [0.2, 0.25) is 0 Å². The van der Waals surface area contributed by atoms with Crippen molar-refractivity contribution in [3.8, 4) is 0 Å². The molecule has 2 rings (SSSR count). The Bertz CT molecular complexity index is 771. The van der Waals surface area contributed by atoms with Crippen molar-refractivity contribution in [2.45, 2.75) is 52.5 Å². The molecule has 0 bridgehead atoms. The third kappa shape index (κ3) is 4.18. The Morgan fingerprint density at radius 2 is 2.00 bits per heavy atom. The first-order chi connectivity index (χ1) is 12.8. The fraction of sp³-hybridized carbons (Fsp3) is 0.500. The van der Waals surface area contributed by atoms with Gasteiger partial charge in [-0.25, -0.2) is 0 Å². The highest BCUT2D eigenvalue weighted by Gasteiger charge is 2.45. The summed E-state index contributed by atoms with van der Waals surface area (Å²) in [4.78, 5) is 37.2. The molecule has 27 heavy (non-hydrogen) atoms. The van der Waals surface area contributed by atoms with Crippen LogP contribution in [0.15, 0.2) is 35.6 Å². The quantitative estimate of drug-likeness (QED) is 0.518. The van der Waals surface area contributed by atoms with Gasteiger partial charge in [-0.1, -0.05) is 45.2 Å². The number of hydrogen-bond donors (Lipinski definition) is 1. The lowest BCUT2D eigenvalue weighted by Gasteiger charge is -2.30. The van der Waals surface area contributed by atoms with Crippen LogP contribution in [0.25, 0.3) is 0 Å². The zero-order chi connectivity index (χ0) is 20.1. The van der Waals surface area contributed by atoms with E-state index in [0.717, 1.165) is 25.7 Å². The predicted octanol–water partition coefficient (Wildman–Crippen LogP) is 4.10. The molecule has 2 atom stereocenters. The number of aliphatic hydroxyl groups is 1. The first kappa shape index (κ1) is 20.6. The van der Waals surface area contributed by atoms with Gasteiger partial charge < -0.3 is 10.0 Å². The Labute approximate surface area is 158 Å². The van der Waals surface area contributed by atoms with Crippen molar-refractivity contribution >= 4 is 17.4 Å². The van der Waals surface area contributed by atoms with E-state index in [9.17, 15) is 24.8 Å². The summed E-state index contributed by atoms with van der Waals surface area (Å²) in [7, 11) is 0. The van der Waals surface area contributed by atoms with Crippen molar-refractivity contribution in [1.29, 1.82) is 0 Å². The average Bonchev–Trinajstić information content (AvgIpc) is 2.89. The smallest absolute Gasteiger partial charge is 0.290 e. The summed E-state index contributed by atoms with van der Waals surface area (Å²) in [5.41, 5.74) is 0.00504. The maximum Gasteiger partial charge on any atom is 0.290 e. The zero-order valence-corrected chi connectivity index (χ0v) is 16.0. The largest absolute Gasteiger partial charge is 0.503 e. The molecule has 146 valence electrons. The van der Waals surface area contributed by atoms with Crippen LogP contribution in [0.3, 0.4) is 0 Å². The minimum Gasteiger partial charge on any atom is -0.503 e. The van der Waals surface area contributed by atoms with E-state index >= 15 is 0 Å². The van der Waals surface area contributed by atoms with Gasteiger partial charge in [0.15, 0.2) is 11.5 Å². The summed E-state index contributed by atoms with van der Waals surface area (Å²) >= 11 is 0. The second kappa shape index (κ2) is 8.79. The number of rotatable bonds is 9. The monoisotopic (exact) mass is 374 g/mol. The number of nitro benzene ring substituents is 1. The molecule has 1 heterocycles. The first-order valence-corrected chi connectivity index (χ1v) is 9.31. The summed E-state index contributed by atoms with van der Waals surface area (Å²) in [6.07, 6.45) is 3.79. The molecule has 1 N–H and O–H groups in total. The Morgan fingerprint density at radius 1 is 1.33 bits per heavy atom. The molecule has 0 saturated carbocycles. The number of hydrogen-bond acceptors (Lipinski definition) is 5. The van der Waals surface area contributed by atoms with E-state index in [-0.39, 0.29) is 22.7 Å². The van der Waals surface area contributed by atoms with Crippen LogP contribution in [0.5, 0.6) is 0 Å². The molecule has 7 heteroatoms. The fourth-order valence-corrected chi connectivity index (χ4v) is 3.61. The van der Waals surface area contributed by atoms with Gasteiger partial charge >= 0.3 is 0 Å². The number of nitrogens with zero attached hydrogens (tertiary/aromatic N) is 2. The van der Waals surface area contributed by atoms with E-state index in [1.807, 2.05) is 6.92 Å². The maximum absolute atomic E-state index is 12.7. The lowest BCUT2D eigenvalue weighted by Crippen LogP contribution is -2.35. The van der Waals surface area contributed by atoms with Gasteiger partial charge in [0.1, 0.15) is 0 Å². The molecule has 1 aromatic rings.